The molecule has 0 aliphatic heterocycles. The standard InChI is InChI=1S/C12H16O6/c1-3-11(15)18-7-6-9(4-5-10(13)14)8(2)12(16)17/h3H,1,4-7H2,2H3,(H,13,14)(H,16,17). The number of carboxylic acid groups (broad SMARTS) is 2. The number of esters is 1. The number of hydrogen-bond donors (Lipinski definition) is 2. The van der Waals surface area contributed by atoms with E-state index in [1.807, 2.05) is 0 Å². The molecule has 0 atom stereocenters. The Bertz CT molecular complexity index is 380. The molecule has 0 rings (SSSR count). The molecule has 18 heavy (non-hydrogen) atoms. The van der Waals surface area contributed by atoms with Gasteiger partial charge < -0.3 is 14.9 Å². The molecule has 0 aromatic carbocycles. The van der Waals surface area contributed by atoms with E-state index in [0.29, 0.717) is 5.57 Å². The SMILES string of the molecule is C=CC(=O)OCCC(CCC(=O)O)=C(C)C(=O)O. The summed E-state index contributed by atoms with van der Waals surface area (Å²) in [6.07, 6.45) is 1.17. The van der Waals surface area contributed by atoms with Crippen molar-refractivity contribution in [3.63, 3.8) is 0 Å². The summed E-state index contributed by atoms with van der Waals surface area (Å²) in [7, 11) is 0. The Labute approximate surface area is 105 Å². The maximum Gasteiger partial charge on any atom is 0.331 e. The van der Waals surface area contributed by atoms with Gasteiger partial charge in [-0.25, -0.2) is 9.59 Å². The van der Waals surface area contributed by atoms with Gasteiger partial charge in [0.2, 0.25) is 0 Å². The second kappa shape index (κ2) is 8.05. The Morgan fingerprint density at radius 3 is 2.22 bits per heavy atom. The van der Waals surface area contributed by atoms with Crippen molar-refractivity contribution in [3.8, 4) is 0 Å². The van der Waals surface area contributed by atoms with Crippen LogP contribution in [-0.2, 0) is 19.1 Å². The topological polar surface area (TPSA) is 101 Å². The third-order valence-electron chi connectivity index (χ3n) is 2.31. The lowest BCUT2D eigenvalue weighted by molar-refractivity contribution is -0.138. The minimum Gasteiger partial charge on any atom is -0.481 e. The molecule has 0 saturated carbocycles. The molecule has 0 aliphatic rings. The largest absolute Gasteiger partial charge is 0.481 e. The van der Waals surface area contributed by atoms with Gasteiger partial charge in [0.1, 0.15) is 0 Å². The summed E-state index contributed by atoms with van der Waals surface area (Å²) in [4.78, 5) is 32.1. The maximum absolute atomic E-state index is 10.8. The van der Waals surface area contributed by atoms with E-state index in [2.05, 4.69) is 6.58 Å². The first-order valence-corrected chi connectivity index (χ1v) is 5.31. The highest BCUT2D eigenvalue weighted by atomic mass is 16.5. The molecule has 0 aromatic rings. The molecule has 100 valence electrons. The van der Waals surface area contributed by atoms with Crippen LogP contribution in [0.1, 0.15) is 26.2 Å². The molecule has 0 radical (unpaired) electrons. The third kappa shape index (κ3) is 6.47. The number of ether oxygens (including phenoxy) is 1. The fraction of sp³-hybridized carbons (Fsp3) is 0.417. The maximum atomic E-state index is 10.8. The molecular weight excluding hydrogens is 240 g/mol. The second-order valence-electron chi connectivity index (χ2n) is 3.55. The van der Waals surface area contributed by atoms with Gasteiger partial charge in [-0.1, -0.05) is 12.2 Å². The molecule has 6 heteroatoms. The lowest BCUT2D eigenvalue weighted by atomic mass is 10.0. The van der Waals surface area contributed by atoms with E-state index in [1.54, 1.807) is 0 Å². The number of carbonyl (C=O) groups excluding carboxylic acids is 1. The Kier molecular flexibility index (Phi) is 7.11. The monoisotopic (exact) mass is 256 g/mol. The third-order valence-corrected chi connectivity index (χ3v) is 2.31. The summed E-state index contributed by atoms with van der Waals surface area (Å²) >= 11 is 0. The molecule has 0 aliphatic carbocycles. The van der Waals surface area contributed by atoms with Crippen molar-refractivity contribution in [2.45, 2.75) is 26.2 Å². The number of carbonyl (C=O) groups is 3. The van der Waals surface area contributed by atoms with Crippen molar-refractivity contribution >= 4 is 17.9 Å². The summed E-state index contributed by atoms with van der Waals surface area (Å²) in [6, 6.07) is 0. The predicted octanol–water partition coefficient (Wildman–Crippen LogP) is 1.37. The molecule has 6 nitrogen and oxygen atoms in total. The van der Waals surface area contributed by atoms with Gasteiger partial charge >= 0.3 is 17.9 Å². The van der Waals surface area contributed by atoms with Gasteiger partial charge in [0, 0.05) is 24.5 Å². The zero-order valence-electron chi connectivity index (χ0n) is 10.1. The van der Waals surface area contributed by atoms with Crippen molar-refractivity contribution in [1.29, 1.82) is 0 Å². The molecule has 0 fully saturated rings. The van der Waals surface area contributed by atoms with Crippen LogP contribution >= 0.6 is 0 Å². The predicted molar refractivity (Wildman–Crippen MR) is 63.0 cm³/mol. The van der Waals surface area contributed by atoms with E-state index in [4.69, 9.17) is 14.9 Å². The smallest absolute Gasteiger partial charge is 0.331 e. The van der Waals surface area contributed by atoms with Crippen LogP contribution in [0.25, 0.3) is 0 Å². The summed E-state index contributed by atoms with van der Waals surface area (Å²) in [6.45, 7) is 4.62. The molecule has 0 aromatic heterocycles. The van der Waals surface area contributed by atoms with E-state index in [1.165, 1.54) is 6.92 Å². The summed E-state index contributed by atoms with van der Waals surface area (Å²) in [5.74, 6) is -2.71. The van der Waals surface area contributed by atoms with Crippen molar-refractivity contribution in [3.05, 3.63) is 23.8 Å². The van der Waals surface area contributed by atoms with Crippen LogP contribution in [0, 0.1) is 0 Å². The normalized spacial score (nSPS) is 11.4. The first-order valence-electron chi connectivity index (χ1n) is 5.31. The van der Waals surface area contributed by atoms with Gasteiger partial charge in [-0.2, -0.15) is 0 Å². The molecule has 0 spiro atoms. The zero-order chi connectivity index (χ0) is 14.1. The second-order valence-corrected chi connectivity index (χ2v) is 3.55. The van der Waals surface area contributed by atoms with Crippen LogP contribution in [-0.4, -0.2) is 34.7 Å². The van der Waals surface area contributed by atoms with Crippen molar-refractivity contribution in [2.24, 2.45) is 0 Å². The van der Waals surface area contributed by atoms with Crippen LogP contribution in [0.3, 0.4) is 0 Å². The van der Waals surface area contributed by atoms with Gasteiger partial charge in [0.15, 0.2) is 0 Å². The molecular formula is C12H16O6. The van der Waals surface area contributed by atoms with Gasteiger partial charge in [-0.3, -0.25) is 4.79 Å². The zero-order valence-corrected chi connectivity index (χ0v) is 10.1. The average molecular weight is 256 g/mol. The van der Waals surface area contributed by atoms with Crippen molar-refractivity contribution < 1.29 is 29.3 Å². The Morgan fingerprint density at radius 2 is 1.78 bits per heavy atom. The summed E-state index contributed by atoms with van der Waals surface area (Å²) in [5, 5.41) is 17.4. The lowest BCUT2D eigenvalue weighted by Gasteiger charge is -2.09. The molecule has 0 saturated heterocycles. The van der Waals surface area contributed by atoms with Crippen LogP contribution in [0.4, 0.5) is 0 Å². The molecule has 0 bridgehead atoms. The molecule has 0 amide bonds. The fourth-order valence-electron chi connectivity index (χ4n) is 1.24. The number of carboxylic acids is 2. The van der Waals surface area contributed by atoms with Crippen LogP contribution < -0.4 is 0 Å². The van der Waals surface area contributed by atoms with Gasteiger partial charge in [0.05, 0.1) is 6.61 Å². The first-order chi connectivity index (χ1) is 8.38. The highest BCUT2D eigenvalue weighted by molar-refractivity contribution is 5.87. The van der Waals surface area contributed by atoms with Crippen LogP contribution in [0.5, 0.6) is 0 Å². The lowest BCUT2D eigenvalue weighted by Crippen LogP contribution is -2.08. The van der Waals surface area contributed by atoms with Gasteiger partial charge in [0.25, 0.3) is 0 Å². The van der Waals surface area contributed by atoms with Crippen molar-refractivity contribution in [1.82, 2.24) is 0 Å². The minimum absolute atomic E-state index is 0.00439. The van der Waals surface area contributed by atoms with E-state index in [-0.39, 0.29) is 31.4 Å². The first kappa shape index (κ1) is 15.9. The molecule has 0 unspecified atom stereocenters. The van der Waals surface area contributed by atoms with E-state index < -0.39 is 17.9 Å². The van der Waals surface area contributed by atoms with Crippen LogP contribution in [0.2, 0.25) is 0 Å². The van der Waals surface area contributed by atoms with Gasteiger partial charge in [-0.05, 0) is 13.3 Å². The highest BCUT2D eigenvalue weighted by Crippen LogP contribution is 2.16. The minimum atomic E-state index is -1.11. The molecule has 0 heterocycles. The Hall–Kier alpha value is -2.11. The summed E-state index contributed by atoms with van der Waals surface area (Å²) in [5.41, 5.74) is 0.549. The average Bonchev–Trinajstić information content (AvgIpc) is 2.31. The van der Waals surface area contributed by atoms with Crippen LogP contribution in [0.15, 0.2) is 23.8 Å². The van der Waals surface area contributed by atoms with Gasteiger partial charge in [-0.15, -0.1) is 0 Å². The molecule has 2 N–H and O–H groups in total. The highest BCUT2D eigenvalue weighted by Gasteiger charge is 2.11. The number of aliphatic carboxylic acids is 2. The quantitative estimate of drug-likeness (QED) is 0.502. The van der Waals surface area contributed by atoms with E-state index in [0.717, 1.165) is 6.08 Å². The van der Waals surface area contributed by atoms with E-state index >= 15 is 0 Å². The van der Waals surface area contributed by atoms with E-state index in [9.17, 15) is 14.4 Å². The number of hydrogen-bond acceptors (Lipinski definition) is 4. The van der Waals surface area contributed by atoms with Crippen molar-refractivity contribution in [2.75, 3.05) is 6.61 Å². The Morgan fingerprint density at radius 1 is 1.17 bits per heavy atom. The fourth-order valence-corrected chi connectivity index (χ4v) is 1.24. The Balaban J connectivity index is 4.53. The summed E-state index contributed by atoms with van der Waals surface area (Å²) < 4.78 is 4.73. The number of rotatable bonds is 8.